The Hall–Kier alpha value is -3.60. The third-order valence-corrected chi connectivity index (χ3v) is 6.06. The summed E-state index contributed by atoms with van der Waals surface area (Å²) in [6.07, 6.45) is 2.69. The first-order chi connectivity index (χ1) is 15.6. The number of methoxy groups -OCH3 is 2. The summed E-state index contributed by atoms with van der Waals surface area (Å²) in [5, 5.41) is 0. The molecule has 3 aromatic carbocycles. The van der Waals surface area contributed by atoms with Crippen molar-refractivity contribution in [3.63, 3.8) is 0 Å². The maximum Gasteiger partial charge on any atom is 0.337 e. The van der Waals surface area contributed by atoms with Crippen molar-refractivity contribution in [2.45, 2.75) is 25.3 Å². The van der Waals surface area contributed by atoms with Crippen molar-refractivity contribution in [1.29, 1.82) is 0 Å². The van der Waals surface area contributed by atoms with E-state index in [1.54, 1.807) is 19.2 Å². The van der Waals surface area contributed by atoms with Crippen molar-refractivity contribution in [2.24, 2.45) is 5.92 Å². The van der Waals surface area contributed by atoms with Crippen LogP contribution < -0.4 is 9.64 Å². The van der Waals surface area contributed by atoms with Gasteiger partial charge in [-0.25, -0.2) is 4.79 Å². The second-order valence-electron chi connectivity index (χ2n) is 7.95. The fourth-order valence-electron chi connectivity index (χ4n) is 4.35. The molecule has 0 aromatic heterocycles. The lowest BCUT2D eigenvalue weighted by atomic mass is 9.78. The molecule has 1 heterocycles. The summed E-state index contributed by atoms with van der Waals surface area (Å²) in [6.45, 7) is 0. The third kappa shape index (κ3) is 4.37. The zero-order chi connectivity index (χ0) is 22.5. The van der Waals surface area contributed by atoms with Gasteiger partial charge < -0.3 is 14.4 Å². The van der Waals surface area contributed by atoms with E-state index in [0.29, 0.717) is 5.56 Å². The van der Waals surface area contributed by atoms with Crippen LogP contribution in [0.5, 0.6) is 5.75 Å². The van der Waals surface area contributed by atoms with Crippen LogP contribution in [0.2, 0.25) is 0 Å². The minimum atomic E-state index is -0.368. The Bertz CT molecular complexity index is 1060. The van der Waals surface area contributed by atoms with E-state index in [1.807, 2.05) is 59.5 Å². The number of ether oxygens (including phenoxy) is 2. The predicted octanol–water partition coefficient (Wildman–Crippen LogP) is 5.21. The number of esters is 1. The van der Waals surface area contributed by atoms with E-state index in [-0.39, 0.29) is 23.8 Å². The molecule has 0 aliphatic carbocycles. The highest BCUT2D eigenvalue weighted by atomic mass is 16.5. The quantitative estimate of drug-likeness (QED) is 0.364. The molecule has 1 saturated heterocycles. The summed E-state index contributed by atoms with van der Waals surface area (Å²) in [5.41, 5.74) is 3.64. The van der Waals surface area contributed by atoms with Crippen molar-refractivity contribution in [3.8, 4) is 5.75 Å². The monoisotopic (exact) mass is 429 g/mol. The molecule has 32 heavy (non-hydrogen) atoms. The van der Waals surface area contributed by atoms with Gasteiger partial charge in [0.15, 0.2) is 0 Å². The molecule has 5 heteroatoms. The summed E-state index contributed by atoms with van der Waals surface area (Å²) in [7, 11) is 2.99. The number of aryl methyl sites for hydroxylation is 1. The van der Waals surface area contributed by atoms with Crippen LogP contribution in [0, 0.1) is 5.92 Å². The lowest BCUT2D eigenvalue weighted by Gasteiger charge is -2.47. The molecular weight excluding hydrogens is 402 g/mol. The SMILES string of the molecule is COC(=O)c1ccc(C2C(CCCc3ccccc3)C(=O)N2c2ccc(OC)cc2)cc1. The molecule has 0 radical (unpaired) electrons. The van der Waals surface area contributed by atoms with E-state index < -0.39 is 0 Å². The first-order valence-electron chi connectivity index (χ1n) is 10.8. The number of β-lactam (4-membered cyclic amide) rings is 1. The largest absolute Gasteiger partial charge is 0.497 e. The Balaban J connectivity index is 1.55. The Labute approximate surface area is 188 Å². The van der Waals surface area contributed by atoms with E-state index in [1.165, 1.54) is 12.7 Å². The van der Waals surface area contributed by atoms with Gasteiger partial charge in [0.1, 0.15) is 5.75 Å². The number of anilines is 1. The number of hydrogen-bond acceptors (Lipinski definition) is 4. The van der Waals surface area contributed by atoms with E-state index in [2.05, 4.69) is 12.1 Å². The molecule has 1 aliphatic rings. The summed E-state index contributed by atoms with van der Waals surface area (Å²) in [6, 6.07) is 25.2. The smallest absolute Gasteiger partial charge is 0.337 e. The zero-order valence-electron chi connectivity index (χ0n) is 18.4. The summed E-state index contributed by atoms with van der Waals surface area (Å²) in [5.74, 6) is 0.419. The highest BCUT2D eigenvalue weighted by Crippen LogP contribution is 2.46. The van der Waals surface area contributed by atoms with Crippen LogP contribution in [0.25, 0.3) is 0 Å². The van der Waals surface area contributed by atoms with Gasteiger partial charge in [0.25, 0.3) is 0 Å². The van der Waals surface area contributed by atoms with Crippen LogP contribution in [-0.2, 0) is 16.0 Å². The Morgan fingerprint density at radius 1 is 0.906 bits per heavy atom. The molecule has 1 aliphatic heterocycles. The van der Waals surface area contributed by atoms with Crippen LogP contribution in [0.4, 0.5) is 5.69 Å². The molecular formula is C27H27NO4. The Morgan fingerprint density at radius 3 is 2.22 bits per heavy atom. The van der Waals surface area contributed by atoms with Crippen molar-refractivity contribution in [3.05, 3.63) is 95.6 Å². The molecule has 164 valence electrons. The van der Waals surface area contributed by atoms with Crippen LogP contribution >= 0.6 is 0 Å². The van der Waals surface area contributed by atoms with E-state index in [4.69, 9.17) is 9.47 Å². The fourth-order valence-corrected chi connectivity index (χ4v) is 4.35. The first-order valence-corrected chi connectivity index (χ1v) is 10.8. The average molecular weight is 430 g/mol. The third-order valence-electron chi connectivity index (χ3n) is 6.06. The molecule has 0 spiro atoms. The second kappa shape index (κ2) is 9.69. The molecule has 1 amide bonds. The average Bonchev–Trinajstić information content (AvgIpc) is 2.85. The number of carbonyl (C=O) groups excluding carboxylic acids is 2. The molecule has 1 fully saturated rings. The maximum atomic E-state index is 13.2. The van der Waals surface area contributed by atoms with Gasteiger partial charge >= 0.3 is 5.97 Å². The topological polar surface area (TPSA) is 55.8 Å². The molecule has 0 N–H and O–H groups in total. The number of nitrogens with zero attached hydrogens (tertiary/aromatic N) is 1. The standard InChI is InChI=1S/C27H27NO4/c1-31-23-17-15-22(16-18-23)28-25(20-11-13-21(14-12-20)27(30)32-2)24(26(28)29)10-6-9-19-7-4-3-5-8-19/h3-5,7-8,11-18,24-25H,6,9-10H2,1-2H3. The van der Waals surface area contributed by atoms with Gasteiger partial charge in [-0.1, -0.05) is 42.5 Å². The van der Waals surface area contributed by atoms with Crippen molar-refractivity contribution < 1.29 is 19.1 Å². The van der Waals surface area contributed by atoms with Gasteiger partial charge in [-0.2, -0.15) is 0 Å². The minimum absolute atomic E-state index is 0.0710. The summed E-state index contributed by atoms with van der Waals surface area (Å²) >= 11 is 0. The molecule has 4 rings (SSSR count). The summed E-state index contributed by atoms with van der Waals surface area (Å²) in [4.78, 5) is 26.8. The molecule has 5 nitrogen and oxygen atoms in total. The van der Waals surface area contributed by atoms with Crippen LogP contribution in [-0.4, -0.2) is 26.1 Å². The highest BCUT2D eigenvalue weighted by molar-refractivity contribution is 6.03. The van der Waals surface area contributed by atoms with E-state index >= 15 is 0 Å². The molecule has 0 saturated carbocycles. The number of carbonyl (C=O) groups is 2. The molecule has 2 atom stereocenters. The first kappa shape index (κ1) is 21.6. The van der Waals surface area contributed by atoms with Crippen molar-refractivity contribution in [1.82, 2.24) is 0 Å². The van der Waals surface area contributed by atoms with Gasteiger partial charge in [-0.05, 0) is 66.8 Å². The zero-order valence-corrected chi connectivity index (χ0v) is 18.4. The Kier molecular flexibility index (Phi) is 6.55. The van der Waals surface area contributed by atoms with Crippen LogP contribution in [0.3, 0.4) is 0 Å². The molecule has 3 aromatic rings. The van der Waals surface area contributed by atoms with Crippen LogP contribution in [0.15, 0.2) is 78.9 Å². The lowest BCUT2D eigenvalue weighted by Crippen LogP contribution is -2.55. The predicted molar refractivity (Wildman–Crippen MR) is 124 cm³/mol. The minimum Gasteiger partial charge on any atom is -0.497 e. The van der Waals surface area contributed by atoms with E-state index in [9.17, 15) is 9.59 Å². The van der Waals surface area contributed by atoms with Gasteiger partial charge in [-0.3, -0.25) is 4.79 Å². The second-order valence-corrected chi connectivity index (χ2v) is 7.95. The van der Waals surface area contributed by atoms with Gasteiger partial charge in [-0.15, -0.1) is 0 Å². The highest BCUT2D eigenvalue weighted by Gasteiger charge is 2.48. The van der Waals surface area contributed by atoms with Crippen molar-refractivity contribution >= 4 is 17.6 Å². The number of benzene rings is 3. The maximum absolute atomic E-state index is 13.2. The fraction of sp³-hybridized carbons (Fsp3) is 0.259. The lowest BCUT2D eigenvalue weighted by molar-refractivity contribution is -0.130. The van der Waals surface area contributed by atoms with E-state index in [0.717, 1.165) is 36.3 Å². The molecule has 0 bridgehead atoms. The van der Waals surface area contributed by atoms with Crippen LogP contribution in [0.1, 0.15) is 40.4 Å². The van der Waals surface area contributed by atoms with Gasteiger partial charge in [0.05, 0.1) is 31.7 Å². The normalized spacial score (nSPS) is 17.6. The number of amides is 1. The number of rotatable bonds is 8. The Morgan fingerprint density at radius 2 is 1.59 bits per heavy atom. The van der Waals surface area contributed by atoms with Gasteiger partial charge in [0, 0.05) is 5.69 Å². The van der Waals surface area contributed by atoms with Crippen molar-refractivity contribution in [2.75, 3.05) is 19.1 Å². The molecule has 2 unspecified atom stereocenters. The van der Waals surface area contributed by atoms with Gasteiger partial charge in [0.2, 0.25) is 5.91 Å². The number of hydrogen-bond donors (Lipinski definition) is 0. The summed E-state index contributed by atoms with van der Waals surface area (Å²) < 4.78 is 10.1.